The molecule has 30 heavy (non-hydrogen) atoms. The van der Waals surface area contributed by atoms with Gasteiger partial charge in [-0.25, -0.2) is 4.98 Å². The molecule has 6 nitrogen and oxygen atoms in total. The van der Waals surface area contributed by atoms with Crippen LogP contribution in [-0.2, 0) is 9.59 Å². The number of anilines is 1. The summed E-state index contributed by atoms with van der Waals surface area (Å²) in [5, 5.41) is 13.4. The molecule has 1 atom stereocenters. The van der Waals surface area contributed by atoms with Crippen LogP contribution in [0.2, 0.25) is 0 Å². The van der Waals surface area contributed by atoms with Crippen molar-refractivity contribution < 1.29 is 19.4 Å². The molecular formula is C22H20N2O4S2. The van der Waals surface area contributed by atoms with E-state index in [-0.39, 0.29) is 11.3 Å². The van der Waals surface area contributed by atoms with Gasteiger partial charge in [0.2, 0.25) is 0 Å². The van der Waals surface area contributed by atoms with Gasteiger partial charge in [-0.1, -0.05) is 6.07 Å². The first-order valence-corrected chi connectivity index (χ1v) is 11.1. The SMILES string of the molecule is CCOc1ccc(C(O)=C2C(=O)C(=O)N(c3nc(C)c(C)s3)[C@H]2c2cccs2)cc1. The van der Waals surface area contributed by atoms with Crippen LogP contribution in [0.25, 0.3) is 5.76 Å². The smallest absolute Gasteiger partial charge is 0.301 e. The largest absolute Gasteiger partial charge is 0.507 e. The Morgan fingerprint density at radius 2 is 1.93 bits per heavy atom. The van der Waals surface area contributed by atoms with Crippen LogP contribution in [0, 0.1) is 13.8 Å². The third-order valence-electron chi connectivity index (χ3n) is 4.92. The number of benzene rings is 1. The van der Waals surface area contributed by atoms with Crippen LogP contribution in [0.5, 0.6) is 5.75 Å². The lowest BCUT2D eigenvalue weighted by atomic mass is 10.00. The Kier molecular flexibility index (Phi) is 5.44. The topological polar surface area (TPSA) is 79.7 Å². The first-order valence-electron chi connectivity index (χ1n) is 9.44. The van der Waals surface area contributed by atoms with Gasteiger partial charge in [0.25, 0.3) is 5.78 Å². The molecule has 0 aliphatic carbocycles. The number of ketones is 1. The van der Waals surface area contributed by atoms with Gasteiger partial charge in [0.15, 0.2) is 5.13 Å². The minimum absolute atomic E-state index is 0.0668. The number of amides is 1. The molecule has 1 N–H and O–H groups in total. The van der Waals surface area contributed by atoms with Crippen molar-refractivity contribution >= 4 is 45.3 Å². The summed E-state index contributed by atoms with van der Waals surface area (Å²) < 4.78 is 5.44. The highest BCUT2D eigenvalue weighted by Crippen LogP contribution is 2.44. The molecule has 8 heteroatoms. The molecule has 3 heterocycles. The summed E-state index contributed by atoms with van der Waals surface area (Å²) in [6.07, 6.45) is 0. The summed E-state index contributed by atoms with van der Waals surface area (Å²) in [5.74, 6) is -0.944. The molecule has 3 aromatic rings. The van der Waals surface area contributed by atoms with Gasteiger partial charge in [0, 0.05) is 15.3 Å². The number of aliphatic hydroxyl groups excluding tert-OH is 1. The maximum atomic E-state index is 13.0. The molecule has 0 radical (unpaired) electrons. The molecule has 0 saturated carbocycles. The summed E-state index contributed by atoms with van der Waals surface area (Å²) in [5.41, 5.74) is 1.33. The van der Waals surface area contributed by atoms with Crippen LogP contribution in [-0.4, -0.2) is 28.4 Å². The van der Waals surface area contributed by atoms with Crippen LogP contribution in [0.15, 0.2) is 47.4 Å². The molecule has 1 fully saturated rings. The molecule has 2 aromatic heterocycles. The Morgan fingerprint density at radius 1 is 1.20 bits per heavy atom. The van der Waals surface area contributed by atoms with E-state index in [0.29, 0.717) is 23.1 Å². The zero-order chi connectivity index (χ0) is 21.4. The predicted octanol–water partition coefficient (Wildman–Crippen LogP) is 4.85. The number of thiophene rings is 1. The molecule has 0 unspecified atom stereocenters. The Morgan fingerprint density at radius 3 is 2.50 bits per heavy atom. The van der Waals surface area contributed by atoms with E-state index in [2.05, 4.69) is 4.98 Å². The summed E-state index contributed by atoms with van der Waals surface area (Å²) in [6.45, 7) is 6.21. The van der Waals surface area contributed by atoms with Crippen molar-refractivity contribution in [3.63, 3.8) is 0 Å². The van der Waals surface area contributed by atoms with Gasteiger partial charge >= 0.3 is 5.91 Å². The predicted molar refractivity (Wildman–Crippen MR) is 118 cm³/mol. The van der Waals surface area contributed by atoms with Gasteiger partial charge in [-0.05, 0) is 56.5 Å². The van der Waals surface area contributed by atoms with E-state index in [1.54, 1.807) is 24.3 Å². The second kappa shape index (κ2) is 8.04. The summed E-state index contributed by atoms with van der Waals surface area (Å²) in [4.78, 5) is 33.7. The van der Waals surface area contributed by atoms with E-state index < -0.39 is 17.7 Å². The third-order valence-corrected chi connectivity index (χ3v) is 6.92. The van der Waals surface area contributed by atoms with E-state index >= 15 is 0 Å². The van der Waals surface area contributed by atoms with Crippen molar-refractivity contribution in [1.82, 2.24) is 4.98 Å². The van der Waals surface area contributed by atoms with Gasteiger partial charge in [-0.15, -0.1) is 22.7 Å². The first kappa shape index (κ1) is 20.3. The zero-order valence-electron chi connectivity index (χ0n) is 16.7. The number of aromatic nitrogens is 1. The van der Waals surface area contributed by atoms with Crippen molar-refractivity contribution in [2.75, 3.05) is 11.5 Å². The Labute approximate surface area is 182 Å². The Bertz CT molecular complexity index is 1110. The van der Waals surface area contributed by atoms with Gasteiger partial charge in [-0.2, -0.15) is 0 Å². The highest BCUT2D eigenvalue weighted by atomic mass is 32.1. The maximum absolute atomic E-state index is 13.0. The minimum atomic E-state index is -0.721. The summed E-state index contributed by atoms with van der Waals surface area (Å²) in [7, 11) is 0. The van der Waals surface area contributed by atoms with Gasteiger partial charge in [0.1, 0.15) is 17.6 Å². The fraction of sp³-hybridized carbons (Fsp3) is 0.227. The van der Waals surface area contributed by atoms with Crippen molar-refractivity contribution in [3.05, 3.63) is 68.4 Å². The number of nitrogens with zero attached hydrogens (tertiary/aromatic N) is 2. The van der Waals surface area contributed by atoms with E-state index in [4.69, 9.17) is 4.74 Å². The highest BCUT2D eigenvalue weighted by molar-refractivity contribution is 7.16. The standard InChI is InChI=1S/C22H20N2O4S2/c1-4-28-15-9-7-14(8-10-15)19(25)17-18(16-6-5-11-29-16)24(21(27)20(17)26)22-23-12(2)13(3)30-22/h5-11,18,25H,4H2,1-3H3/t18-/m0/s1. The van der Waals surface area contributed by atoms with Crippen LogP contribution >= 0.6 is 22.7 Å². The molecule has 1 amide bonds. The number of aliphatic hydroxyl groups is 1. The second-order valence-electron chi connectivity index (χ2n) is 6.78. The first-order chi connectivity index (χ1) is 14.4. The fourth-order valence-electron chi connectivity index (χ4n) is 3.34. The quantitative estimate of drug-likeness (QED) is 0.349. The van der Waals surface area contributed by atoms with Gasteiger partial charge in [-0.3, -0.25) is 14.5 Å². The summed E-state index contributed by atoms with van der Waals surface area (Å²) in [6, 6.07) is 9.79. The van der Waals surface area contributed by atoms with Crippen molar-refractivity contribution in [2.45, 2.75) is 26.8 Å². The molecule has 0 spiro atoms. The number of aryl methyl sites for hydroxylation is 2. The van der Waals surface area contributed by atoms with Gasteiger partial charge in [0.05, 0.1) is 17.9 Å². The monoisotopic (exact) mass is 440 g/mol. The van der Waals surface area contributed by atoms with Crippen LogP contribution in [0.3, 0.4) is 0 Å². The Balaban J connectivity index is 1.86. The lowest BCUT2D eigenvalue weighted by Gasteiger charge is -2.21. The Hall–Kier alpha value is -2.97. The number of hydrogen-bond acceptors (Lipinski definition) is 7. The number of Topliss-reactive ketones (excluding diaryl/α,β-unsaturated/α-hetero) is 1. The lowest BCUT2D eigenvalue weighted by Crippen LogP contribution is -2.29. The number of rotatable bonds is 5. The van der Waals surface area contributed by atoms with Gasteiger partial charge < -0.3 is 9.84 Å². The van der Waals surface area contributed by atoms with E-state index in [0.717, 1.165) is 15.4 Å². The lowest BCUT2D eigenvalue weighted by molar-refractivity contribution is -0.132. The van der Waals surface area contributed by atoms with E-state index in [1.165, 1.54) is 27.6 Å². The van der Waals surface area contributed by atoms with Crippen molar-refractivity contribution in [3.8, 4) is 5.75 Å². The highest BCUT2D eigenvalue weighted by Gasteiger charge is 2.48. The van der Waals surface area contributed by atoms with Crippen LogP contribution in [0.4, 0.5) is 5.13 Å². The summed E-state index contributed by atoms with van der Waals surface area (Å²) >= 11 is 2.79. The average Bonchev–Trinajstić information content (AvgIpc) is 3.43. The molecule has 1 aromatic carbocycles. The zero-order valence-corrected chi connectivity index (χ0v) is 18.3. The number of ether oxygens (including phenoxy) is 1. The molecule has 4 rings (SSSR count). The second-order valence-corrected chi connectivity index (χ2v) is 8.94. The molecule has 154 valence electrons. The molecule has 0 bridgehead atoms. The molecule has 1 saturated heterocycles. The number of thiazole rings is 1. The van der Waals surface area contributed by atoms with E-state index in [9.17, 15) is 14.7 Å². The van der Waals surface area contributed by atoms with Crippen molar-refractivity contribution in [2.24, 2.45) is 0 Å². The number of hydrogen-bond donors (Lipinski definition) is 1. The average molecular weight is 441 g/mol. The fourth-order valence-corrected chi connectivity index (χ4v) is 5.10. The molecular weight excluding hydrogens is 420 g/mol. The number of carbonyl (C=O) groups excluding carboxylic acids is 2. The minimum Gasteiger partial charge on any atom is -0.507 e. The van der Waals surface area contributed by atoms with E-state index in [1.807, 2.05) is 38.3 Å². The van der Waals surface area contributed by atoms with Crippen LogP contribution in [0.1, 0.15) is 34.0 Å². The third kappa shape index (κ3) is 3.42. The van der Waals surface area contributed by atoms with Crippen LogP contribution < -0.4 is 9.64 Å². The molecule has 1 aliphatic heterocycles. The maximum Gasteiger partial charge on any atom is 0.301 e. The molecule has 1 aliphatic rings. The normalized spacial score (nSPS) is 18.2. The van der Waals surface area contributed by atoms with Crippen molar-refractivity contribution in [1.29, 1.82) is 0 Å². The number of carbonyl (C=O) groups is 2.